The van der Waals surface area contributed by atoms with Crippen LogP contribution in [0, 0.1) is 13.8 Å². The van der Waals surface area contributed by atoms with E-state index in [1.807, 2.05) is 23.7 Å². The number of esters is 1. The number of benzene rings is 2. The van der Waals surface area contributed by atoms with Gasteiger partial charge in [-0.05, 0) is 49.7 Å². The van der Waals surface area contributed by atoms with Crippen molar-refractivity contribution in [3.05, 3.63) is 70.9 Å². The van der Waals surface area contributed by atoms with Crippen LogP contribution in [-0.4, -0.2) is 22.9 Å². The molecule has 5 nitrogen and oxygen atoms in total. The summed E-state index contributed by atoms with van der Waals surface area (Å²) in [7, 11) is 1.39. The second-order valence-corrected chi connectivity index (χ2v) is 6.33. The molecule has 4 rings (SSSR count). The number of methoxy groups -OCH3 is 1. The van der Waals surface area contributed by atoms with Crippen LogP contribution in [0.5, 0.6) is 0 Å². The van der Waals surface area contributed by atoms with Gasteiger partial charge < -0.3 is 10.1 Å². The Morgan fingerprint density at radius 2 is 1.88 bits per heavy atom. The lowest BCUT2D eigenvalue weighted by Gasteiger charge is -2.29. The topological polar surface area (TPSA) is 56.1 Å². The van der Waals surface area contributed by atoms with Gasteiger partial charge in [0.25, 0.3) is 0 Å². The Labute approximate surface area is 146 Å². The van der Waals surface area contributed by atoms with Crippen molar-refractivity contribution in [1.29, 1.82) is 0 Å². The average molecular weight is 333 g/mol. The van der Waals surface area contributed by atoms with Gasteiger partial charge in [0, 0.05) is 11.3 Å². The van der Waals surface area contributed by atoms with E-state index < -0.39 is 0 Å². The molecule has 1 atom stereocenters. The number of aromatic nitrogens is 2. The molecule has 1 aliphatic heterocycles. The highest BCUT2D eigenvalue weighted by atomic mass is 16.5. The van der Waals surface area contributed by atoms with E-state index in [-0.39, 0.29) is 12.1 Å². The van der Waals surface area contributed by atoms with E-state index in [1.165, 1.54) is 12.7 Å². The highest BCUT2D eigenvalue weighted by molar-refractivity contribution is 5.89. The van der Waals surface area contributed by atoms with Gasteiger partial charge in [0.15, 0.2) is 0 Å². The second kappa shape index (κ2) is 5.77. The zero-order chi connectivity index (χ0) is 17.6. The molecule has 0 unspecified atom stereocenters. The van der Waals surface area contributed by atoms with Crippen molar-refractivity contribution in [2.45, 2.75) is 20.0 Å². The Bertz CT molecular complexity index is 958. The lowest BCUT2D eigenvalue weighted by molar-refractivity contribution is 0.0600. The maximum Gasteiger partial charge on any atom is 0.337 e. The van der Waals surface area contributed by atoms with Crippen LogP contribution in [0.15, 0.2) is 48.5 Å². The summed E-state index contributed by atoms with van der Waals surface area (Å²) >= 11 is 0. The van der Waals surface area contributed by atoms with Crippen LogP contribution < -0.4 is 5.32 Å². The minimum Gasteiger partial charge on any atom is -0.465 e. The number of hydrogen-bond acceptors (Lipinski definition) is 4. The molecule has 0 saturated heterocycles. The van der Waals surface area contributed by atoms with Gasteiger partial charge in [-0.3, -0.25) is 0 Å². The monoisotopic (exact) mass is 333 g/mol. The van der Waals surface area contributed by atoms with E-state index in [0.29, 0.717) is 5.56 Å². The summed E-state index contributed by atoms with van der Waals surface area (Å²) in [5.41, 5.74) is 7.09. The van der Waals surface area contributed by atoms with E-state index in [0.717, 1.165) is 28.2 Å². The van der Waals surface area contributed by atoms with Crippen LogP contribution in [0.25, 0.3) is 11.3 Å². The molecule has 0 aliphatic carbocycles. The van der Waals surface area contributed by atoms with Crippen molar-refractivity contribution in [3.8, 4) is 11.3 Å². The molecule has 25 heavy (non-hydrogen) atoms. The predicted octanol–water partition coefficient (Wildman–Crippen LogP) is 3.93. The molecule has 0 radical (unpaired) electrons. The van der Waals surface area contributed by atoms with Gasteiger partial charge in [0.1, 0.15) is 6.17 Å². The van der Waals surface area contributed by atoms with Crippen molar-refractivity contribution in [1.82, 2.24) is 9.78 Å². The number of ether oxygens (including phenoxy) is 1. The third kappa shape index (κ3) is 2.58. The van der Waals surface area contributed by atoms with Gasteiger partial charge in [-0.1, -0.05) is 23.8 Å². The lowest BCUT2D eigenvalue weighted by atomic mass is 10.0. The number of carbonyl (C=O) groups excluding carboxylic acids is 1. The lowest BCUT2D eigenvalue weighted by Crippen LogP contribution is -2.25. The highest BCUT2D eigenvalue weighted by Crippen LogP contribution is 2.39. The zero-order valence-electron chi connectivity index (χ0n) is 14.4. The van der Waals surface area contributed by atoms with Crippen LogP contribution in [0.3, 0.4) is 0 Å². The molecule has 3 aromatic rings. The summed E-state index contributed by atoms with van der Waals surface area (Å²) in [4.78, 5) is 11.6. The average Bonchev–Trinajstić information content (AvgIpc) is 3.02. The van der Waals surface area contributed by atoms with Crippen molar-refractivity contribution in [3.63, 3.8) is 0 Å². The van der Waals surface area contributed by atoms with Gasteiger partial charge in [0.05, 0.1) is 24.1 Å². The Hall–Kier alpha value is -3.08. The normalized spacial score (nSPS) is 15.1. The first-order valence-corrected chi connectivity index (χ1v) is 8.19. The maximum atomic E-state index is 11.6. The first-order valence-electron chi connectivity index (χ1n) is 8.19. The molecule has 2 heterocycles. The Morgan fingerprint density at radius 1 is 1.12 bits per heavy atom. The van der Waals surface area contributed by atoms with Crippen LogP contribution in [0.2, 0.25) is 0 Å². The summed E-state index contributed by atoms with van der Waals surface area (Å²) < 4.78 is 6.77. The molecule has 1 aromatic heterocycles. The van der Waals surface area contributed by atoms with E-state index in [9.17, 15) is 4.79 Å². The van der Waals surface area contributed by atoms with Gasteiger partial charge in [0.2, 0.25) is 0 Å². The van der Waals surface area contributed by atoms with Crippen LogP contribution in [0.4, 0.5) is 5.69 Å². The quantitative estimate of drug-likeness (QED) is 0.722. The fraction of sp³-hybridized carbons (Fsp3) is 0.200. The largest absolute Gasteiger partial charge is 0.465 e. The number of nitrogens with zero attached hydrogens (tertiary/aromatic N) is 2. The van der Waals surface area contributed by atoms with E-state index >= 15 is 0 Å². The number of carbonyl (C=O) groups is 1. The predicted molar refractivity (Wildman–Crippen MR) is 96.7 cm³/mol. The SMILES string of the molecule is COC(=O)c1ccc([C@H]2Nc3ccc(C)cc3-c3cc(C)nn32)cc1. The number of rotatable bonds is 2. The molecule has 0 amide bonds. The van der Waals surface area contributed by atoms with Crippen molar-refractivity contribution >= 4 is 11.7 Å². The Balaban J connectivity index is 1.79. The number of aryl methyl sites for hydroxylation is 2. The number of fused-ring (bicyclic) bond motifs is 3. The molecular weight excluding hydrogens is 314 g/mol. The third-order valence-electron chi connectivity index (χ3n) is 4.49. The fourth-order valence-corrected chi connectivity index (χ4v) is 3.26. The van der Waals surface area contributed by atoms with Gasteiger partial charge >= 0.3 is 5.97 Å². The summed E-state index contributed by atoms with van der Waals surface area (Å²) in [5.74, 6) is -0.334. The molecule has 0 spiro atoms. The van der Waals surface area contributed by atoms with Crippen LogP contribution >= 0.6 is 0 Å². The first kappa shape index (κ1) is 15.4. The van der Waals surface area contributed by atoms with Crippen molar-refractivity contribution < 1.29 is 9.53 Å². The molecular formula is C20H19N3O2. The van der Waals surface area contributed by atoms with E-state index in [2.05, 4.69) is 41.6 Å². The summed E-state index contributed by atoms with van der Waals surface area (Å²) in [6, 6.07) is 15.9. The molecule has 0 fully saturated rings. The van der Waals surface area contributed by atoms with E-state index in [1.54, 1.807) is 12.1 Å². The van der Waals surface area contributed by atoms with Crippen LogP contribution in [-0.2, 0) is 4.74 Å². The minimum atomic E-state index is -0.334. The van der Waals surface area contributed by atoms with E-state index in [4.69, 9.17) is 4.74 Å². The summed E-state index contributed by atoms with van der Waals surface area (Å²) in [5, 5.41) is 8.23. The Kier molecular flexibility index (Phi) is 3.57. The van der Waals surface area contributed by atoms with Crippen LogP contribution in [0.1, 0.15) is 33.3 Å². The first-order chi connectivity index (χ1) is 12.1. The molecule has 126 valence electrons. The summed E-state index contributed by atoms with van der Waals surface area (Å²) in [6.07, 6.45) is -0.120. The molecule has 1 aliphatic rings. The molecule has 2 aromatic carbocycles. The fourth-order valence-electron chi connectivity index (χ4n) is 3.26. The van der Waals surface area contributed by atoms with Gasteiger partial charge in [-0.15, -0.1) is 0 Å². The zero-order valence-corrected chi connectivity index (χ0v) is 14.4. The third-order valence-corrected chi connectivity index (χ3v) is 4.49. The standard InChI is InChI=1S/C20H19N3O2/c1-12-4-9-17-16(10-12)18-11-13(2)22-23(18)19(21-17)14-5-7-15(8-6-14)20(24)25-3/h4-11,19,21H,1-3H3/t19-/m0/s1. The Morgan fingerprint density at radius 3 is 2.60 bits per heavy atom. The summed E-state index contributed by atoms with van der Waals surface area (Å²) in [6.45, 7) is 4.09. The molecule has 5 heteroatoms. The van der Waals surface area contributed by atoms with Crippen molar-refractivity contribution in [2.75, 3.05) is 12.4 Å². The highest BCUT2D eigenvalue weighted by Gasteiger charge is 2.26. The second-order valence-electron chi connectivity index (χ2n) is 6.33. The number of nitrogens with one attached hydrogen (secondary N) is 1. The maximum absolute atomic E-state index is 11.6. The molecule has 1 N–H and O–H groups in total. The minimum absolute atomic E-state index is 0.120. The molecule has 0 saturated carbocycles. The number of anilines is 1. The molecule has 0 bridgehead atoms. The smallest absolute Gasteiger partial charge is 0.337 e. The van der Waals surface area contributed by atoms with Gasteiger partial charge in [-0.25, -0.2) is 9.48 Å². The van der Waals surface area contributed by atoms with Gasteiger partial charge in [-0.2, -0.15) is 5.10 Å². The number of hydrogen-bond donors (Lipinski definition) is 1. The van der Waals surface area contributed by atoms with Crippen molar-refractivity contribution in [2.24, 2.45) is 0 Å².